The first-order chi connectivity index (χ1) is 6.95. The Labute approximate surface area is 96.5 Å². The lowest BCUT2D eigenvalue weighted by molar-refractivity contribution is 0.410. The molecule has 0 bridgehead atoms. The number of aromatic nitrogens is 1. The van der Waals surface area contributed by atoms with E-state index in [1.165, 1.54) is 5.01 Å². The zero-order valence-electron chi connectivity index (χ0n) is 10.3. The van der Waals surface area contributed by atoms with Gasteiger partial charge in [0.1, 0.15) is 0 Å². The molecule has 0 aromatic carbocycles. The molecule has 86 valence electrons. The zero-order valence-corrected chi connectivity index (χ0v) is 11.1. The lowest BCUT2D eigenvalue weighted by atomic mass is 10.0. The van der Waals surface area contributed by atoms with Crippen LogP contribution in [-0.4, -0.2) is 37.6 Å². The van der Waals surface area contributed by atoms with Crippen LogP contribution in [0.1, 0.15) is 24.5 Å². The van der Waals surface area contributed by atoms with Crippen LogP contribution in [0.15, 0.2) is 5.38 Å². The predicted octanol–water partition coefficient (Wildman–Crippen LogP) is 1.70. The van der Waals surface area contributed by atoms with Gasteiger partial charge in [0.15, 0.2) is 0 Å². The van der Waals surface area contributed by atoms with Crippen LogP contribution in [0.5, 0.6) is 0 Å². The Morgan fingerprint density at radius 3 is 2.67 bits per heavy atom. The van der Waals surface area contributed by atoms with Crippen molar-refractivity contribution >= 4 is 11.3 Å². The van der Waals surface area contributed by atoms with Crippen molar-refractivity contribution in [1.82, 2.24) is 15.2 Å². The molecular weight excluding hydrogens is 206 g/mol. The molecule has 15 heavy (non-hydrogen) atoms. The summed E-state index contributed by atoms with van der Waals surface area (Å²) in [4.78, 5) is 6.84. The third-order valence-corrected chi connectivity index (χ3v) is 3.50. The summed E-state index contributed by atoms with van der Waals surface area (Å²) in [5.74, 6) is 0. The maximum Gasteiger partial charge on any atom is 0.0941 e. The summed E-state index contributed by atoms with van der Waals surface area (Å²) in [7, 11) is 6.15. The maximum absolute atomic E-state index is 4.65. The zero-order chi connectivity index (χ0) is 11.5. The van der Waals surface area contributed by atoms with E-state index in [-0.39, 0.29) is 5.54 Å². The van der Waals surface area contributed by atoms with E-state index in [9.17, 15) is 0 Å². The SMILES string of the molecule is CNC(C)(C)c1csc(CCN(C)C)n1. The van der Waals surface area contributed by atoms with Crippen LogP contribution in [-0.2, 0) is 12.0 Å². The van der Waals surface area contributed by atoms with E-state index in [0.717, 1.165) is 18.7 Å². The Kier molecular flexibility index (Phi) is 4.25. The van der Waals surface area contributed by atoms with Gasteiger partial charge < -0.3 is 10.2 Å². The lowest BCUT2D eigenvalue weighted by Crippen LogP contribution is -2.33. The van der Waals surface area contributed by atoms with Crippen molar-refractivity contribution in [3.8, 4) is 0 Å². The molecule has 3 nitrogen and oxygen atoms in total. The van der Waals surface area contributed by atoms with Gasteiger partial charge in [0, 0.05) is 18.3 Å². The van der Waals surface area contributed by atoms with Crippen molar-refractivity contribution in [2.75, 3.05) is 27.7 Å². The van der Waals surface area contributed by atoms with Gasteiger partial charge in [-0.2, -0.15) is 0 Å². The molecule has 0 radical (unpaired) electrons. The summed E-state index contributed by atoms with van der Waals surface area (Å²) in [6, 6.07) is 0. The van der Waals surface area contributed by atoms with Crippen LogP contribution in [0.2, 0.25) is 0 Å². The highest BCUT2D eigenvalue weighted by Gasteiger charge is 2.20. The van der Waals surface area contributed by atoms with Crippen LogP contribution < -0.4 is 5.32 Å². The number of likely N-dealkylation sites (N-methyl/N-ethyl adjacent to an activating group) is 1. The fourth-order valence-corrected chi connectivity index (χ4v) is 2.12. The van der Waals surface area contributed by atoms with E-state index in [1.807, 2.05) is 7.05 Å². The summed E-state index contributed by atoms with van der Waals surface area (Å²) in [5.41, 5.74) is 1.12. The van der Waals surface area contributed by atoms with Crippen molar-refractivity contribution in [3.63, 3.8) is 0 Å². The van der Waals surface area contributed by atoms with Gasteiger partial charge in [-0.15, -0.1) is 11.3 Å². The summed E-state index contributed by atoms with van der Waals surface area (Å²) in [6.45, 7) is 5.36. The second kappa shape index (κ2) is 5.05. The normalized spacial score (nSPS) is 12.4. The molecule has 0 spiro atoms. The number of nitrogens with zero attached hydrogens (tertiary/aromatic N) is 2. The van der Waals surface area contributed by atoms with Gasteiger partial charge in [-0.1, -0.05) is 0 Å². The molecule has 0 aliphatic heterocycles. The smallest absolute Gasteiger partial charge is 0.0941 e. The monoisotopic (exact) mass is 227 g/mol. The molecule has 1 N–H and O–H groups in total. The number of nitrogens with one attached hydrogen (secondary N) is 1. The van der Waals surface area contributed by atoms with E-state index in [4.69, 9.17) is 0 Å². The Balaban J connectivity index is 2.64. The standard InChI is InChI=1S/C11H21N3S/c1-11(2,12-3)9-8-15-10(13-9)6-7-14(4)5/h8,12H,6-7H2,1-5H3. The molecule has 4 heteroatoms. The first-order valence-corrected chi connectivity index (χ1v) is 6.12. The van der Waals surface area contributed by atoms with Crippen LogP contribution in [0.25, 0.3) is 0 Å². The molecule has 0 aliphatic carbocycles. The summed E-state index contributed by atoms with van der Waals surface area (Å²) >= 11 is 1.76. The highest BCUT2D eigenvalue weighted by atomic mass is 32.1. The van der Waals surface area contributed by atoms with Gasteiger partial charge in [0.2, 0.25) is 0 Å². The lowest BCUT2D eigenvalue weighted by Gasteiger charge is -2.21. The summed E-state index contributed by atoms with van der Waals surface area (Å²) in [6.07, 6.45) is 1.04. The highest BCUT2D eigenvalue weighted by molar-refractivity contribution is 7.09. The van der Waals surface area contributed by atoms with Gasteiger partial charge in [-0.05, 0) is 35.0 Å². The molecule has 1 heterocycles. The molecular formula is C11H21N3S. The second-order valence-electron chi connectivity index (χ2n) is 4.55. The van der Waals surface area contributed by atoms with Crippen molar-refractivity contribution in [1.29, 1.82) is 0 Å². The molecule has 0 amide bonds. The van der Waals surface area contributed by atoms with Gasteiger partial charge in [0.05, 0.1) is 16.2 Å². The number of rotatable bonds is 5. The number of thiazole rings is 1. The molecule has 0 saturated carbocycles. The molecule has 0 unspecified atom stereocenters. The van der Waals surface area contributed by atoms with Gasteiger partial charge >= 0.3 is 0 Å². The average molecular weight is 227 g/mol. The van der Waals surface area contributed by atoms with Gasteiger partial charge in [-0.3, -0.25) is 0 Å². The van der Waals surface area contributed by atoms with Crippen LogP contribution in [0.3, 0.4) is 0 Å². The number of hydrogen-bond donors (Lipinski definition) is 1. The third kappa shape index (κ3) is 3.55. The van der Waals surface area contributed by atoms with Crippen molar-refractivity contribution in [2.45, 2.75) is 25.8 Å². The van der Waals surface area contributed by atoms with E-state index < -0.39 is 0 Å². The first-order valence-electron chi connectivity index (χ1n) is 5.24. The molecule has 1 rings (SSSR count). The largest absolute Gasteiger partial charge is 0.310 e. The first kappa shape index (κ1) is 12.6. The Bertz CT molecular complexity index is 305. The molecule has 0 aliphatic rings. The highest BCUT2D eigenvalue weighted by Crippen LogP contribution is 2.21. The average Bonchev–Trinajstić information content (AvgIpc) is 2.63. The quantitative estimate of drug-likeness (QED) is 0.830. The van der Waals surface area contributed by atoms with E-state index in [1.54, 1.807) is 11.3 Å². The Morgan fingerprint density at radius 1 is 1.47 bits per heavy atom. The van der Waals surface area contributed by atoms with Gasteiger partial charge in [-0.25, -0.2) is 4.98 Å². The molecule has 1 aromatic heterocycles. The van der Waals surface area contributed by atoms with Crippen molar-refractivity contribution in [3.05, 3.63) is 16.1 Å². The van der Waals surface area contributed by atoms with Crippen LogP contribution in [0, 0.1) is 0 Å². The minimum atomic E-state index is -0.0210. The molecule has 1 aromatic rings. The summed E-state index contributed by atoms with van der Waals surface area (Å²) in [5, 5.41) is 6.65. The summed E-state index contributed by atoms with van der Waals surface area (Å²) < 4.78 is 0. The van der Waals surface area contributed by atoms with Crippen LogP contribution in [0.4, 0.5) is 0 Å². The maximum atomic E-state index is 4.65. The second-order valence-corrected chi connectivity index (χ2v) is 5.50. The fourth-order valence-electron chi connectivity index (χ4n) is 1.16. The molecule has 0 fully saturated rings. The van der Waals surface area contributed by atoms with Crippen LogP contribution >= 0.6 is 11.3 Å². The van der Waals surface area contributed by atoms with E-state index in [2.05, 4.69) is 48.5 Å². The van der Waals surface area contributed by atoms with Gasteiger partial charge in [0.25, 0.3) is 0 Å². The van der Waals surface area contributed by atoms with E-state index in [0.29, 0.717) is 0 Å². The predicted molar refractivity (Wildman–Crippen MR) is 66.5 cm³/mol. The third-order valence-electron chi connectivity index (χ3n) is 2.59. The Morgan fingerprint density at radius 2 is 2.13 bits per heavy atom. The van der Waals surface area contributed by atoms with Crippen molar-refractivity contribution < 1.29 is 0 Å². The topological polar surface area (TPSA) is 28.2 Å². The minimum absolute atomic E-state index is 0.0210. The number of hydrogen-bond acceptors (Lipinski definition) is 4. The van der Waals surface area contributed by atoms with E-state index >= 15 is 0 Å². The Hall–Kier alpha value is -0.450. The minimum Gasteiger partial charge on any atom is -0.310 e. The van der Waals surface area contributed by atoms with Crippen molar-refractivity contribution in [2.24, 2.45) is 0 Å². The fraction of sp³-hybridized carbons (Fsp3) is 0.727. The molecule has 0 saturated heterocycles. The molecule has 0 atom stereocenters.